The van der Waals surface area contributed by atoms with Crippen LogP contribution in [-0.4, -0.2) is 68.6 Å². The number of rotatable bonds is 24. The van der Waals surface area contributed by atoms with Gasteiger partial charge in [0, 0.05) is 11.0 Å². The van der Waals surface area contributed by atoms with Gasteiger partial charge in [0.1, 0.15) is 24.4 Å². The number of esters is 1. The van der Waals surface area contributed by atoms with Gasteiger partial charge < -0.3 is 37.9 Å². The summed E-state index contributed by atoms with van der Waals surface area (Å²) in [7, 11) is 0. The van der Waals surface area contributed by atoms with Crippen LogP contribution in [0.15, 0.2) is 169 Å². The molecule has 1 aliphatic heterocycles. The first-order chi connectivity index (χ1) is 30.1. The standard InChI is InChI=1S/C49H53N3O9/c1-2-55-45(53)29-28-43(56-31-38-20-10-4-11-21-38)42(51-52-50)35-60-49-48(59-34-41-26-16-7-17-27-41)47(58-33-40-24-14-6-15-25-40)46(57-32-39-22-12-5-13-23-39)44(61-49)36-54-30-37-18-8-3-9-19-37/h3-29,42-44,46-49H,2,30-36H2,1H3/b29-28+/t42-,43+,44+,46-,47-,48+,49+/m0/s1. The third-order valence-corrected chi connectivity index (χ3v) is 9.84. The minimum absolute atomic E-state index is 0.135. The summed E-state index contributed by atoms with van der Waals surface area (Å²) in [4.78, 5) is 15.6. The third-order valence-electron chi connectivity index (χ3n) is 9.84. The second-order valence-electron chi connectivity index (χ2n) is 14.3. The second-order valence-corrected chi connectivity index (χ2v) is 14.3. The van der Waals surface area contributed by atoms with E-state index in [9.17, 15) is 10.3 Å². The van der Waals surface area contributed by atoms with Gasteiger partial charge in [0.05, 0.1) is 65.0 Å². The average Bonchev–Trinajstić information content (AvgIpc) is 3.30. The van der Waals surface area contributed by atoms with Crippen LogP contribution in [0.3, 0.4) is 0 Å². The van der Waals surface area contributed by atoms with Gasteiger partial charge in [-0.05, 0) is 46.3 Å². The molecule has 12 nitrogen and oxygen atoms in total. The van der Waals surface area contributed by atoms with E-state index in [0.717, 1.165) is 27.8 Å². The summed E-state index contributed by atoms with van der Waals surface area (Å²) in [6.07, 6.45) is -2.11. The molecule has 0 bridgehead atoms. The lowest BCUT2D eigenvalue weighted by atomic mass is 9.97. The normalized spacial score (nSPS) is 19.8. The molecule has 0 radical (unpaired) electrons. The molecule has 12 heteroatoms. The van der Waals surface area contributed by atoms with E-state index in [0.29, 0.717) is 6.61 Å². The summed E-state index contributed by atoms with van der Waals surface area (Å²) in [6.45, 7) is 3.14. The fraction of sp³-hybridized carbons (Fsp3) is 0.327. The van der Waals surface area contributed by atoms with Gasteiger partial charge in [-0.3, -0.25) is 0 Å². The molecule has 0 saturated carbocycles. The van der Waals surface area contributed by atoms with Gasteiger partial charge in [-0.25, -0.2) is 4.79 Å². The summed E-state index contributed by atoms with van der Waals surface area (Å²) in [5.74, 6) is -0.556. The van der Waals surface area contributed by atoms with Crippen LogP contribution in [0, 0.1) is 0 Å². The number of nitrogens with zero attached hydrogens (tertiary/aromatic N) is 3. The quantitative estimate of drug-likeness (QED) is 0.0196. The molecule has 0 N–H and O–H groups in total. The zero-order chi connectivity index (χ0) is 42.3. The van der Waals surface area contributed by atoms with Crippen LogP contribution in [0.2, 0.25) is 0 Å². The molecule has 0 unspecified atom stereocenters. The van der Waals surface area contributed by atoms with Gasteiger partial charge >= 0.3 is 5.97 Å². The Morgan fingerprint density at radius 1 is 0.639 bits per heavy atom. The second kappa shape index (κ2) is 25.2. The van der Waals surface area contributed by atoms with Gasteiger partial charge in [-0.1, -0.05) is 157 Å². The number of ether oxygens (including phenoxy) is 8. The molecule has 5 aromatic rings. The lowest BCUT2D eigenvalue weighted by Crippen LogP contribution is -2.62. The van der Waals surface area contributed by atoms with Crippen LogP contribution < -0.4 is 0 Å². The Bertz CT molecular complexity index is 2060. The molecule has 0 aromatic heterocycles. The number of hydrogen-bond donors (Lipinski definition) is 0. The first-order valence-electron chi connectivity index (χ1n) is 20.5. The van der Waals surface area contributed by atoms with E-state index in [1.165, 1.54) is 12.2 Å². The third kappa shape index (κ3) is 14.8. The zero-order valence-electron chi connectivity index (χ0n) is 34.3. The van der Waals surface area contributed by atoms with Crippen LogP contribution in [0.25, 0.3) is 10.4 Å². The number of benzene rings is 5. The van der Waals surface area contributed by atoms with Crippen LogP contribution in [0.5, 0.6) is 0 Å². The number of azide groups is 1. The lowest BCUT2D eigenvalue weighted by molar-refractivity contribution is -0.329. The monoisotopic (exact) mass is 827 g/mol. The average molecular weight is 828 g/mol. The Labute approximate surface area is 357 Å². The summed E-state index contributed by atoms with van der Waals surface area (Å²) < 4.78 is 51.6. The van der Waals surface area contributed by atoms with E-state index in [4.69, 9.17) is 37.9 Å². The van der Waals surface area contributed by atoms with E-state index in [2.05, 4.69) is 10.0 Å². The van der Waals surface area contributed by atoms with Gasteiger partial charge in [-0.15, -0.1) is 0 Å². The van der Waals surface area contributed by atoms with Crippen LogP contribution in [0.1, 0.15) is 34.7 Å². The molecule has 6 rings (SSSR count). The van der Waals surface area contributed by atoms with E-state index in [1.54, 1.807) is 6.92 Å². The molecule has 61 heavy (non-hydrogen) atoms. The Morgan fingerprint density at radius 2 is 1.10 bits per heavy atom. The molecule has 5 aromatic carbocycles. The van der Waals surface area contributed by atoms with Crippen molar-refractivity contribution in [2.24, 2.45) is 5.11 Å². The summed E-state index contributed by atoms with van der Waals surface area (Å²) in [5.41, 5.74) is 14.6. The predicted molar refractivity (Wildman–Crippen MR) is 229 cm³/mol. The highest BCUT2D eigenvalue weighted by molar-refractivity contribution is 5.82. The van der Waals surface area contributed by atoms with Crippen molar-refractivity contribution < 1.29 is 42.7 Å². The van der Waals surface area contributed by atoms with E-state index in [1.807, 2.05) is 152 Å². The molecular weight excluding hydrogens is 775 g/mol. The maximum Gasteiger partial charge on any atom is 0.330 e. The number of carbonyl (C=O) groups is 1. The molecule has 1 heterocycles. The zero-order valence-corrected chi connectivity index (χ0v) is 34.3. The van der Waals surface area contributed by atoms with Gasteiger partial charge in [0.25, 0.3) is 0 Å². The highest BCUT2D eigenvalue weighted by Gasteiger charge is 2.49. The first kappa shape index (κ1) is 44.9. The molecule has 7 atom stereocenters. The van der Waals surface area contributed by atoms with Crippen molar-refractivity contribution in [3.8, 4) is 0 Å². The van der Waals surface area contributed by atoms with Crippen LogP contribution in [-0.2, 0) is 75.7 Å². The van der Waals surface area contributed by atoms with E-state index in [-0.39, 0.29) is 46.2 Å². The van der Waals surface area contributed by atoms with Crippen molar-refractivity contribution in [2.75, 3.05) is 19.8 Å². The molecule has 0 amide bonds. The van der Waals surface area contributed by atoms with Crippen molar-refractivity contribution in [3.63, 3.8) is 0 Å². The minimum atomic E-state index is -1.06. The summed E-state index contributed by atoms with van der Waals surface area (Å²) in [6, 6.07) is 48.1. The van der Waals surface area contributed by atoms with Crippen molar-refractivity contribution >= 4 is 5.97 Å². The Hall–Kier alpha value is -5.66. The molecule has 0 aliphatic carbocycles. The Morgan fingerprint density at radius 3 is 1.59 bits per heavy atom. The number of hydrogen-bond acceptors (Lipinski definition) is 10. The largest absolute Gasteiger partial charge is 0.463 e. The van der Waals surface area contributed by atoms with Gasteiger partial charge in [-0.2, -0.15) is 0 Å². The molecule has 1 aliphatic rings. The fourth-order valence-electron chi connectivity index (χ4n) is 6.76. The van der Waals surface area contributed by atoms with Gasteiger partial charge in [0.15, 0.2) is 6.29 Å². The summed E-state index contributed by atoms with van der Waals surface area (Å²) >= 11 is 0. The van der Waals surface area contributed by atoms with Gasteiger partial charge in [0.2, 0.25) is 0 Å². The fourth-order valence-corrected chi connectivity index (χ4v) is 6.76. The van der Waals surface area contributed by atoms with E-state index < -0.39 is 48.8 Å². The Balaban J connectivity index is 1.32. The molecule has 0 spiro atoms. The highest BCUT2D eigenvalue weighted by atomic mass is 16.7. The SMILES string of the molecule is CCOC(=O)/C=C/[C@@H](OCc1ccccc1)[C@H](CO[C@@H]1O[C@H](COCc2ccccc2)[C@H](OCc2ccccc2)[C@H](OCc2ccccc2)[C@H]1OCc1ccccc1)N=[N+]=[N-]. The molecular formula is C49H53N3O9. The predicted octanol–water partition coefficient (Wildman–Crippen LogP) is 9.08. The maximum absolute atomic E-state index is 12.5. The first-order valence-corrected chi connectivity index (χ1v) is 20.5. The van der Waals surface area contributed by atoms with Crippen LogP contribution >= 0.6 is 0 Å². The van der Waals surface area contributed by atoms with E-state index >= 15 is 0 Å². The van der Waals surface area contributed by atoms with Crippen LogP contribution in [0.4, 0.5) is 0 Å². The van der Waals surface area contributed by atoms with Crippen molar-refractivity contribution in [1.82, 2.24) is 0 Å². The van der Waals surface area contributed by atoms with Crippen molar-refractivity contribution in [3.05, 3.63) is 202 Å². The molecule has 1 fully saturated rings. The minimum Gasteiger partial charge on any atom is -0.463 e. The highest BCUT2D eigenvalue weighted by Crippen LogP contribution is 2.32. The Kier molecular flexibility index (Phi) is 18.5. The maximum atomic E-state index is 12.5. The lowest BCUT2D eigenvalue weighted by Gasteiger charge is -2.46. The smallest absolute Gasteiger partial charge is 0.330 e. The van der Waals surface area contributed by atoms with Crippen molar-refractivity contribution in [1.29, 1.82) is 0 Å². The molecule has 318 valence electrons. The van der Waals surface area contributed by atoms with Crippen molar-refractivity contribution in [2.45, 2.75) is 82.8 Å². The summed E-state index contributed by atoms with van der Waals surface area (Å²) in [5, 5.41) is 4.09. The molecule has 1 saturated heterocycles. The topological polar surface area (TPSA) is 140 Å². The number of carbonyl (C=O) groups excluding carboxylic acids is 1.